The third-order valence-corrected chi connectivity index (χ3v) is 2.86. The summed E-state index contributed by atoms with van der Waals surface area (Å²) in [7, 11) is 0. The molecular formula is C13H19N3O. The zero-order chi connectivity index (χ0) is 12.1. The Hall–Kier alpha value is -1.55. The third kappa shape index (κ3) is 3.20. The molecule has 0 aliphatic carbocycles. The number of aliphatic imine (C=N–C) groups is 1. The number of nitrogens with two attached hydrogens (primary N) is 1. The van der Waals surface area contributed by atoms with E-state index in [1.54, 1.807) is 0 Å². The average Bonchev–Trinajstić information content (AvgIpc) is 2.40. The van der Waals surface area contributed by atoms with Crippen LogP contribution in [-0.2, 0) is 4.74 Å². The van der Waals surface area contributed by atoms with E-state index in [0.717, 1.165) is 38.4 Å². The van der Waals surface area contributed by atoms with Crippen LogP contribution in [0.3, 0.4) is 0 Å². The predicted octanol–water partition coefficient (Wildman–Crippen LogP) is 1.92. The highest BCUT2D eigenvalue weighted by Crippen LogP contribution is 2.20. The summed E-state index contributed by atoms with van der Waals surface area (Å²) in [5, 5.41) is 0. The summed E-state index contributed by atoms with van der Waals surface area (Å²) in [5.41, 5.74) is 7.85. The molecule has 0 unspecified atom stereocenters. The van der Waals surface area contributed by atoms with Crippen LogP contribution >= 0.6 is 0 Å². The molecule has 0 spiro atoms. The van der Waals surface area contributed by atoms with Crippen LogP contribution in [0.5, 0.6) is 0 Å². The van der Waals surface area contributed by atoms with Crippen molar-refractivity contribution in [3.63, 3.8) is 0 Å². The quantitative estimate of drug-likeness (QED) is 0.641. The number of morpholine rings is 1. The van der Waals surface area contributed by atoms with Gasteiger partial charge in [-0.3, -0.25) is 0 Å². The van der Waals surface area contributed by atoms with Crippen LogP contribution in [-0.4, -0.2) is 32.1 Å². The molecule has 0 amide bonds. The van der Waals surface area contributed by atoms with Crippen LogP contribution < -0.4 is 10.6 Å². The van der Waals surface area contributed by atoms with Gasteiger partial charge in [0, 0.05) is 25.2 Å². The fourth-order valence-electron chi connectivity index (χ4n) is 1.80. The van der Waals surface area contributed by atoms with Crippen LogP contribution in [0, 0.1) is 0 Å². The molecule has 0 aromatic heterocycles. The number of nitrogens with zero attached hydrogens (tertiary/aromatic N) is 2. The largest absolute Gasteiger partial charge is 0.387 e. The molecule has 1 fully saturated rings. The monoisotopic (exact) mass is 233 g/mol. The van der Waals surface area contributed by atoms with Crippen LogP contribution in [0.25, 0.3) is 0 Å². The third-order valence-electron chi connectivity index (χ3n) is 2.86. The molecule has 4 heteroatoms. The highest BCUT2D eigenvalue weighted by atomic mass is 16.5. The molecule has 92 valence electrons. The number of rotatable bonds is 3. The van der Waals surface area contributed by atoms with Crippen LogP contribution in [0.15, 0.2) is 29.3 Å². The molecule has 1 aliphatic rings. The molecule has 0 atom stereocenters. The summed E-state index contributed by atoms with van der Waals surface area (Å²) in [4.78, 5) is 6.63. The number of amidine groups is 1. The van der Waals surface area contributed by atoms with Crippen molar-refractivity contribution in [3.8, 4) is 0 Å². The summed E-state index contributed by atoms with van der Waals surface area (Å²) >= 11 is 0. The maximum atomic E-state index is 5.71. The van der Waals surface area contributed by atoms with Gasteiger partial charge in [-0.15, -0.1) is 0 Å². The van der Waals surface area contributed by atoms with Crippen molar-refractivity contribution >= 4 is 17.2 Å². The molecule has 1 heterocycles. The van der Waals surface area contributed by atoms with Crippen molar-refractivity contribution in [2.24, 2.45) is 10.7 Å². The number of anilines is 1. The molecule has 1 aliphatic heterocycles. The maximum Gasteiger partial charge on any atom is 0.0993 e. The molecule has 0 saturated carbocycles. The Morgan fingerprint density at radius 3 is 2.53 bits per heavy atom. The van der Waals surface area contributed by atoms with Gasteiger partial charge in [-0.1, -0.05) is 6.92 Å². The van der Waals surface area contributed by atoms with Crippen LogP contribution in [0.4, 0.5) is 11.4 Å². The molecule has 1 aromatic rings. The van der Waals surface area contributed by atoms with Crippen molar-refractivity contribution in [1.29, 1.82) is 0 Å². The minimum Gasteiger partial charge on any atom is -0.387 e. The number of hydrogen-bond acceptors (Lipinski definition) is 3. The van der Waals surface area contributed by atoms with Gasteiger partial charge in [0.15, 0.2) is 0 Å². The van der Waals surface area contributed by atoms with Gasteiger partial charge in [0.1, 0.15) is 0 Å². The van der Waals surface area contributed by atoms with Gasteiger partial charge in [0.05, 0.1) is 24.7 Å². The SMILES string of the molecule is CCC(N)=Nc1ccc(N2CCOCC2)cc1. The summed E-state index contributed by atoms with van der Waals surface area (Å²) in [6, 6.07) is 8.20. The molecular weight excluding hydrogens is 214 g/mol. The molecule has 0 bridgehead atoms. The average molecular weight is 233 g/mol. The first kappa shape index (κ1) is 11.9. The minimum atomic E-state index is 0.670. The molecule has 2 N–H and O–H groups in total. The maximum absolute atomic E-state index is 5.71. The lowest BCUT2D eigenvalue weighted by Gasteiger charge is -2.28. The van der Waals surface area contributed by atoms with Crippen molar-refractivity contribution < 1.29 is 4.74 Å². The number of ether oxygens (including phenoxy) is 1. The van der Waals surface area contributed by atoms with Gasteiger partial charge in [0.2, 0.25) is 0 Å². The normalized spacial score (nSPS) is 17.2. The minimum absolute atomic E-state index is 0.670. The lowest BCUT2D eigenvalue weighted by atomic mass is 10.2. The second-order valence-corrected chi connectivity index (χ2v) is 4.07. The van der Waals surface area contributed by atoms with Gasteiger partial charge in [-0.2, -0.15) is 0 Å². The Morgan fingerprint density at radius 2 is 1.94 bits per heavy atom. The number of hydrogen-bond donors (Lipinski definition) is 1. The summed E-state index contributed by atoms with van der Waals surface area (Å²) in [6.07, 6.45) is 0.783. The lowest BCUT2D eigenvalue weighted by Crippen LogP contribution is -2.36. The topological polar surface area (TPSA) is 50.8 Å². The smallest absolute Gasteiger partial charge is 0.0993 e. The van der Waals surface area contributed by atoms with E-state index < -0.39 is 0 Å². The molecule has 0 radical (unpaired) electrons. The zero-order valence-corrected chi connectivity index (χ0v) is 10.2. The van der Waals surface area contributed by atoms with E-state index in [1.807, 2.05) is 19.1 Å². The Morgan fingerprint density at radius 1 is 1.29 bits per heavy atom. The van der Waals surface area contributed by atoms with Crippen molar-refractivity contribution in [2.75, 3.05) is 31.2 Å². The highest BCUT2D eigenvalue weighted by molar-refractivity contribution is 5.82. The van der Waals surface area contributed by atoms with E-state index >= 15 is 0 Å². The lowest BCUT2D eigenvalue weighted by molar-refractivity contribution is 0.122. The van der Waals surface area contributed by atoms with Gasteiger partial charge in [-0.25, -0.2) is 4.99 Å². The van der Waals surface area contributed by atoms with E-state index in [1.165, 1.54) is 5.69 Å². The van der Waals surface area contributed by atoms with Crippen molar-refractivity contribution in [1.82, 2.24) is 0 Å². The van der Waals surface area contributed by atoms with Crippen LogP contribution in [0.1, 0.15) is 13.3 Å². The standard InChI is InChI=1S/C13H19N3O/c1-2-13(14)15-11-3-5-12(6-4-11)16-7-9-17-10-8-16/h3-6H,2,7-10H2,1H3,(H2,14,15). The summed E-state index contributed by atoms with van der Waals surface area (Å²) in [5.74, 6) is 0.670. The zero-order valence-electron chi connectivity index (χ0n) is 10.2. The fraction of sp³-hybridized carbons (Fsp3) is 0.462. The van der Waals surface area contributed by atoms with E-state index in [0.29, 0.717) is 5.84 Å². The van der Waals surface area contributed by atoms with E-state index in [4.69, 9.17) is 10.5 Å². The predicted molar refractivity (Wildman–Crippen MR) is 71.0 cm³/mol. The first-order valence-electron chi connectivity index (χ1n) is 6.05. The first-order valence-corrected chi connectivity index (χ1v) is 6.05. The van der Waals surface area contributed by atoms with Crippen molar-refractivity contribution in [2.45, 2.75) is 13.3 Å². The molecule has 1 saturated heterocycles. The van der Waals surface area contributed by atoms with E-state index in [2.05, 4.69) is 22.0 Å². The van der Waals surface area contributed by atoms with Gasteiger partial charge in [0.25, 0.3) is 0 Å². The van der Waals surface area contributed by atoms with Gasteiger partial charge >= 0.3 is 0 Å². The highest BCUT2D eigenvalue weighted by Gasteiger charge is 2.10. The van der Waals surface area contributed by atoms with E-state index in [-0.39, 0.29) is 0 Å². The number of benzene rings is 1. The summed E-state index contributed by atoms with van der Waals surface area (Å²) < 4.78 is 5.33. The fourth-order valence-corrected chi connectivity index (χ4v) is 1.80. The van der Waals surface area contributed by atoms with E-state index in [9.17, 15) is 0 Å². The molecule has 1 aromatic carbocycles. The summed E-state index contributed by atoms with van der Waals surface area (Å²) in [6.45, 7) is 5.53. The van der Waals surface area contributed by atoms with Gasteiger partial charge < -0.3 is 15.4 Å². The Kier molecular flexibility index (Phi) is 3.98. The Labute approximate surface area is 102 Å². The molecule has 2 rings (SSSR count). The van der Waals surface area contributed by atoms with Crippen LogP contribution in [0.2, 0.25) is 0 Å². The molecule has 4 nitrogen and oxygen atoms in total. The second kappa shape index (κ2) is 5.68. The second-order valence-electron chi connectivity index (χ2n) is 4.07. The van der Waals surface area contributed by atoms with Gasteiger partial charge in [-0.05, 0) is 24.3 Å². The molecule has 17 heavy (non-hydrogen) atoms. The van der Waals surface area contributed by atoms with Crippen molar-refractivity contribution in [3.05, 3.63) is 24.3 Å². The Balaban J connectivity index is 2.07. The first-order chi connectivity index (χ1) is 8.29. The Bertz CT molecular complexity index is 380.